The van der Waals surface area contributed by atoms with Gasteiger partial charge < -0.3 is 10.2 Å². The first-order valence-electron chi connectivity index (χ1n) is 5.57. The SMILES string of the molecule is CNCc1cnc(C2CCN(C)CC2)s1. The van der Waals surface area contributed by atoms with E-state index in [0.717, 1.165) is 6.54 Å². The number of nitrogens with one attached hydrogen (secondary N) is 1. The molecule has 0 unspecified atom stereocenters. The summed E-state index contributed by atoms with van der Waals surface area (Å²) in [5.41, 5.74) is 0. The van der Waals surface area contributed by atoms with Gasteiger partial charge in [-0.3, -0.25) is 0 Å². The van der Waals surface area contributed by atoms with Crippen LogP contribution in [0.2, 0.25) is 0 Å². The fourth-order valence-electron chi connectivity index (χ4n) is 2.02. The van der Waals surface area contributed by atoms with Gasteiger partial charge in [-0.1, -0.05) is 0 Å². The lowest BCUT2D eigenvalue weighted by atomic mass is 9.98. The maximum absolute atomic E-state index is 4.54. The van der Waals surface area contributed by atoms with E-state index in [0.29, 0.717) is 5.92 Å². The van der Waals surface area contributed by atoms with Crippen LogP contribution in [-0.2, 0) is 6.54 Å². The molecule has 2 rings (SSSR count). The van der Waals surface area contributed by atoms with Crippen molar-refractivity contribution in [2.75, 3.05) is 27.2 Å². The Bertz CT molecular complexity index is 303. The lowest BCUT2D eigenvalue weighted by Gasteiger charge is -2.27. The third kappa shape index (κ3) is 2.77. The van der Waals surface area contributed by atoms with Crippen LogP contribution in [0, 0.1) is 0 Å². The predicted molar refractivity (Wildman–Crippen MR) is 64.3 cm³/mol. The van der Waals surface area contributed by atoms with Gasteiger partial charge in [0, 0.05) is 23.5 Å². The molecule has 0 saturated carbocycles. The van der Waals surface area contributed by atoms with Gasteiger partial charge >= 0.3 is 0 Å². The van der Waals surface area contributed by atoms with Crippen LogP contribution in [0.4, 0.5) is 0 Å². The summed E-state index contributed by atoms with van der Waals surface area (Å²) in [6, 6.07) is 0. The molecule has 1 saturated heterocycles. The topological polar surface area (TPSA) is 28.2 Å². The molecule has 1 aromatic rings. The molecule has 1 aromatic heterocycles. The van der Waals surface area contributed by atoms with E-state index >= 15 is 0 Å². The van der Waals surface area contributed by atoms with E-state index < -0.39 is 0 Å². The van der Waals surface area contributed by atoms with E-state index in [1.807, 2.05) is 24.6 Å². The molecule has 84 valence electrons. The van der Waals surface area contributed by atoms with Gasteiger partial charge in [-0.2, -0.15) is 0 Å². The maximum atomic E-state index is 4.54. The van der Waals surface area contributed by atoms with Gasteiger partial charge in [0.25, 0.3) is 0 Å². The van der Waals surface area contributed by atoms with Gasteiger partial charge in [-0.15, -0.1) is 11.3 Å². The molecule has 0 atom stereocenters. The number of piperidine rings is 1. The normalized spacial score (nSPS) is 19.6. The van der Waals surface area contributed by atoms with E-state index in [1.165, 1.54) is 35.8 Å². The summed E-state index contributed by atoms with van der Waals surface area (Å²) in [7, 11) is 4.18. The first-order valence-corrected chi connectivity index (χ1v) is 6.39. The predicted octanol–water partition coefficient (Wildman–Crippen LogP) is 1.67. The fourth-order valence-corrected chi connectivity index (χ4v) is 3.12. The highest BCUT2D eigenvalue weighted by atomic mass is 32.1. The second kappa shape index (κ2) is 5.05. The number of aromatic nitrogens is 1. The highest BCUT2D eigenvalue weighted by molar-refractivity contribution is 7.11. The lowest BCUT2D eigenvalue weighted by Crippen LogP contribution is -2.29. The van der Waals surface area contributed by atoms with Gasteiger partial charge in [-0.05, 0) is 40.0 Å². The van der Waals surface area contributed by atoms with E-state index in [-0.39, 0.29) is 0 Å². The monoisotopic (exact) mass is 225 g/mol. The average Bonchev–Trinajstić information content (AvgIpc) is 2.68. The number of rotatable bonds is 3. The van der Waals surface area contributed by atoms with Crippen molar-refractivity contribution in [3.8, 4) is 0 Å². The molecule has 15 heavy (non-hydrogen) atoms. The first-order chi connectivity index (χ1) is 7.29. The van der Waals surface area contributed by atoms with Crippen molar-refractivity contribution in [1.82, 2.24) is 15.2 Å². The Morgan fingerprint density at radius 2 is 2.27 bits per heavy atom. The maximum Gasteiger partial charge on any atom is 0.0960 e. The summed E-state index contributed by atoms with van der Waals surface area (Å²) >= 11 is 1.87. The summed E-state index contributed by atoms with van der Waals surface area (Å²) in [6.07, 6.45) is 4.56. The van der Waals surface area contributed by atoms with E-state index in [4.69, 9.17) is 0 Å². The number of thiazole rings is 1. The lowest BCUT2D eigenvalue weighted by molar-refractivity contribution is 0.255. The standard InChI is InChI=1S/C11H19N3S/c1-12-7-10-8-13-11(15-10)9-3-5-14(2)6-4-9/h8-9,12H,3-7H2,1-2H3. The Morgan fingerprint density at radius 1 is 1.53 bits per heavy atom. The number of nitrogens with zero attached hydrogens (tertiary/aromatic N) is 2. The Hall–Kier alpha value is -0.450. The summed E-state index contributed by atoms with van der Waals surface area (Å²) in [5, 5.41) is 4.51. The van der Waals surface area contributed by atoms with E-state index in [9.17, 15) is 0 Å². The summed E-state index contributed by atoms with van der Waals surface area (Å²) < 4.78 is 0. The van der Waals surface area contributed by atoms with Crippen molar-refractivity contribution in [2.45, 2.75) is 25.3 Å². The van der Waals surface area contributed by atoms with Crippen molar-refractivity contribution >= 4 is 11.3 Å². The van der Waals surface area contributed by atoms with Gasteiger partial charge in [0.1, 0.15) is 0 Å². The summed E-state index contributed by atoms with van der Waals surface area (Å²) in [6.45, 7) is 3.38. The Kier molecular flexibility index (Phi) is 3.72. The quantitative estimate of drug-likeness (QED) is 0.848. The second-order valence-corrected chi connectivity index (χ2v) is 5.42. The van der Waals surface area contributed by atoms with Gasteiger partial charge in [0.2, 0.25) is 0 Å². The molecule has 0 amide bonds. The molecule has 1 aliphatic rings. The molecule has 0 aromatic carbocycles. The van der Waals surface area contributed by atoms with Crippen LogP contribution in [0.1, 0.15) is 28.6 Å². The highest BCUT2D eigenvalue weighted by Crippen LogP contribution is 2.30. The van der Waals surface area contributed by atoms with Gasteiger partial charge in [-0.25, -0.2) is 4.98 Å². The Labute approximate surface area is 95.5 Å². The molecule has 3 nitrogen and oxygen atoms in total. The Morgan fingerprint density at radius 3 is 2.93 bits per heavy atom. The highest BCUT2D eigenvalue weighted by Gasteiger charge is 2.20. The average molecular weight is 225 g/mol. The van der Waals surface area contributed by atoms with Crippen molar-refractivity contribution in [3.05, 3.63) is 16.1 Å². The number of hydrogen-bond donors (Lipinski definition) is 1. The zero-order valence-corrected chi connectivity index (χ0v) is 10.3. The van der Waals surface area contributed by atoms with Crippen molar-refractivity contribution in [3.63, 3.8) is 0 Å². The van der Waals surface area contributed by atoms with Crippen LogP contribution in [-0.4, -0.2) is 37.1 Å². The van der Waals surface area contributed by atoms with Crippen LogP contribution in [0.3, 0.4) is 0 Å². The molecule has 1 N–H and O–H groups in total. The van der Waals surface area contributed by atoms with Crippen molar-refractivity contribution < 1.29 is 0 Å². The molecular weight excluding hydrogens is 206 g/mol. The molecule has 1 aliphatic heterocycles. The second-order valence-electron chi connectivity index (χ2n) is 4.27. The van der Waals surface area contributed by atoms with Crippen molar-refractivity contribution in [2.24, 2.45) is 0 Å². The first kappa shape index (κ1) is 11.0. The van der Waals surface area contributed by atoms with Crippen LogP contribution < -0.4 is 5.32 Å². The molecule has 2 heterocycles. The van der Waals surface area contributed by atoms with Crippen LogP contribution in [0.5, 0.6) is 0 Å². The van der Waals surface area contributed by atoms with E-state index in [1.54, 1.807) is 0 Å². The molecule has 4 heteroatoms. The van der Waals surface area contributed by atoms with Crippen molar-refractivity contribution in [1.29, 1.82) is 0 Å². The fraction of sp³-hybridized carbons (Fsp3) is 0.727. The summed E-state index contributed by atoms with van der Waals surface area (Å²) in [4.78, 5) is 8.30. The zero-order chi connectivity index (χ0) is 10.7. The van der Waals surface area contributed by atoms with Crippen LogP contribution >= 0.6 is 11.3 Å². The zero-order valence-electron chi connectivity index (χ0n) is 9.49. The molecule has 0 bridgehead atoms. The minimum Gasteiger partial charge on any atom is -0.315 e. The Balaban J connectivity index is 1.96. The number of hydrogen-bond acceptors (Lipinski definition) is 4. The minimum atomic E-state index is 0.705. The van der Waals surface area contributed by atoms with E-state index in [2.05, 4.69) is 22.2 Å². The van der Waals surface area contributed by atoms with Gasteiger partial charge in [0.15, 0.2) is 0 Å². The minimum absolute atomic E-state index is 0.705. The molecule has 0 aliphatic carbocycles. The van der Waals surface area contributed by atoms with Crippen LogP contribution in [0.25, 0.3) is 0 Å². The van der Waals surface area contributed by atoms with Gasteiger partial charge in [0.05, 0.1) is 5.01 Å². The number of likely N-dealkylation sites (tertiary alicyclic amines) is 1. The van der Waals surface area contributed by atoms with Crippen LogP contribution in [0.15, 0.2) is 6.20 Å². The molecule has 0 radical (unpaired) electrons. The third-order valence-corrected chi connectivity index (χ3v) is 4.15. The largest absolute Gasteiger partial charge is 0.315 e. The molecular formula is C11H19N3S. The summed E-state index contributed by atoms with van der Waals surface area (Å²) in [5.74, 6) is 0.705. The molecule has 0 spiro atoms. The smallest absolute Gasteiger partial charge is 0.0960 e. The third-order valence-electron chi connectivity index (χ3n) is 2.99. The molecule has 1 fully saturated rings.